The van der Waals surface area contributed by atoms with E-state index in [1.54, 1.807) is 6.26 Å². The molecule has 3 rings (SSSR count). The Labute approximate surface area is 142 Å². The lowest BCUT2D eigenvalue weighted by molar-refractivity contribution is -0.146. The predicted octanol–water partition coefficient (Wildman–Crippen LogP) is 3.16. The summed E-state index contributed by atoms with van der Waals surface area (Å²) in [6, 6.07) is 7.92. The summed E-state index contributed by atoms with van der Waals surface area (Å²) in [4.78, 5) is 14.4. The van der Waals surface area contributed by atoms with Crippen molar-refractivity contribution in [3.8, 4) is 0 Å². The van der Waals surface area contributed by atoms with Crippen molar-refractivity contribution in [3.05, 3.63) is 52.9 Å². The molecule has 2 heterocycles. The van der Waals surface area contributed by atoms with Gasteiger partial charge in [0.15, 0.2) is 0 Å². The third kappa shape index (κ3) is 3.08. The van der Waals surface area contributed by atoms with Gasteiger partial charge in [-0.05, 0) is 44.8 Å². The fourth-order valence-corrected chi connectivity index (χ4v) is 3.60. The molecular formula is C19H24N2O3. The van der Waals surface area contributed by atoms with Gasteiger partial charge in [-0.15, -0.1) is 0 Å². The second-order valence-corrected chi connectivity index (χ2v) is 6.67. The fourth-order valence-electron chi connectivity index (χ4n) is 3.60. The van der Waals surface area contributed by atoms with Crippen molar-refractivity contribution in [2.24, 2.45) is 0 Å². The molecule has 2 aromatic rings. The summed E-state index contributed by atoms with van der Waals surface area (Å²) in [5, 5.41) is 13.9. The lowest BCUT2D eigenvalue weighted by Gasteiger charge is -2.39. The minimum atomic E-state index is -0.773. The van der Waals surface area contributed by atoms with Gasteiger partial charge in [0, 0.05) is 12.1 Å². The Kier molecular flexibility index (Phi) is 4.71. The van der Waals surface area contributed by atoms with Gasteiger partial charge in [0.1, 0.15) is 6.26 Å². The molecule has 1 aliphatic rings. The highest BCUT2D eigenvalue weighted by Crippen LogP contribution is 2.36. The number of aryl methyl sites for hydroxylation is 2. The Morgan fingerprint density at radius 3 is 2.75 bits per heavy atom. The van der Waals surface area contributed by atoms with Gasteiger partial charge in [0.2, 0.25) is 0 Å². The van der Waals surface area contributed by atoms with Crippen LogP contribution in [0.5, 0.6) is 0 Å². The molecule has 0 atom stereocenters. The summed E-state index contributed by atoms with van der Waals surface area (Å²) in [6.45, 7) is 6.36. The molecule has 1 saturated heterocycles. The number of hydrogen-bond acceptors (Lipinski definition) is 4. The van der Waals surface area contributed by atoms with Crippen LogP contribution in [0.4, 0.5) is 0 Å². The van der Waals surface area contributed by atoms with Crippen LogP contribution in [0.25, 0.3) is 0 Å². The first-order valence-corrected chi connectivity index (χ1v) is 8.50. The van der Waals surface area contributed by atoms with Crippen LogP contribution >= 0.6 is 0 Å². The molecule has 0 aliphatic carbocycles. The van der Waals surface area contributed by atoms with Crippen LogP contribution in [0.3, 0.4) is 0 Å². The molecule has 1 aromatic heterocycles. The normalized spacial score (nSPS) is 17.8. The first kappa shape index (κ1) is 16.7. The molecule has 128 valence electrons. The van der Waals surface area contributed by atoms with Crippen LogP contribution in [0.1, 0.15) is 42.1 Å². The average Bonchev–Trinajstić information content (AvgIpc) is 3.02. The zero-order valence-corrected chi connectivity index (χ0v) is 14.3. The van der Waals surface area contributed by atoms with Crippen molar-refractivity contribution in [1.29, 1.82) is 0 Å². The van der Waals surface area contributed by atoms with E-state index in [1.165, 1.54) is 0 Å². The van der Waals surface area contributed by atoms with E-state index in [1.807, 2.05) is 31.2 Å². The van der Waals surface area contributed by atoms with Gasteiger partial charge in [-0.25, -0.2) is 0 Å². The van der Waals surface area contributed by atoms with Crippen LogP contribution in [-0.4, -0.2) is 34.2 Å². The van der Waals surface area contributed by atoms with Gasteiger partial charge in [-0.1, -0.05) is 41.9 Å². The lowest BCUT2D eigenvalue weighted by atomic mass is 9.72. The summed E-state index contributed by atoms with van der Waals surface area (Å²) in [5.74, 6) is -0.716. The van der Waals surface area contributed by atoms with E-state index in [0.717, 1.165) is 48.4 Å². The van der Waals surface area contributed by atoms with Crippen molar-refractivity contribution in [2.75, 3.05) is 13.1 Å². The number of benzene rings is 1. The van der Waals surface area contributed by atoms with Gasteiger partial charge in [0.25, 0.3) is 0 Å². The van der Waals surface area contributed by atoms with Gasteiger partial charge >= 0.3 is 5.97 Å². The third-order valence-corrected chi connectivity index (χ3v) is 5.15. The van der Waals surface area contributed by atoms with E-state index in [9.17, 15) is 9.90 Å². The number of aliphatic carboxylic acids is 1. The maximum Gasteiger partial charge on any atom is 0.314 e. The SMILES string of the molecule is CCc1nocc1CN1CCC(C(=O)O)(c2cccc(C)c2)CC1. The first-order chi connectivity index (χ1) is 11.5. The number of hydrogen-bond donors (Lipinski definition) is 1. The summed E-state index contributed by atoms with van der Waals surface area (Å²) < 4.78 is 5.07. The fraction of sp³-hybridized carbons (Fsp3) is 0.474. The zero-order valence-electron chi connectivity index (χ0n) is 14.3. The van der Waals surface area contributed by atoms with Crippen molar-refractivity contribution in [1.82, 2.24) is 10.1 Å². The molecule has 5 nitrogen and oxygen atoms in total. The molecule has 0 radical (unpaired) electrons. The van der Waals surface area contributed by atoms with E-state index in [-0.39, 0.29) is 0 Å². The molecule has 0 saturated carbocycles. The maximum absolute atomic E-state index is 12.1. The van der Waals surface area contributed by atoms with Crippen LogP contribution in [0, 0.1) is 6.92 Å². The number of aromatic nitrogens is 1. The highest BCUT2D eigenvalue weighted by atomic mass is 16.5. The Morgan fingerprint density at radius 2 is 2.12 bits per heavy atom. The highest BCUT2D eigenvalue weighted by molar-refractivity contribution is 5.81. The summed E-state index contributed by atoms with van der Waals surface area (Å²) in [7, 11) is 0. The molecule has 0 amide bonds. The summed E-state index contributed by atoms with van der Waals surface area (Å²) in [6.07, 6.45) is 3.80. The third-order valence-electron chi connectivity index (χ3n) is 5.15. The number of rotatable bonds is 5. The Balaban J connectivity index is 1.75. The van der Waals surface area contributed by atoms with E-state index in [4.69, 9.17) is 4.52 Å². The largest absolute Gasteiger partial charge is 0.481 e. The van der Waals surface area contributed by atoms with E-state index in [2.05, 4.69) is 17.0 Å². The van der Waals surface area contributed by atoms with Crippen molar-refractivity contribution < 1.29 is 14.4 Å². The van der Waals surface area contributed by atoms with Crippen LogP contribution < -0.4 is 0 Å². The number of carbonyl (C=O) groups is 1. The minimum absolute atomic E-state index is 0.624. The Morgan fingerprint density at radius 1 is 1.38 bits per heavy atom. The van der Waals surface area contributed by atoms with Gasteiger partial charge in [-0.2, -0.15) is 0 Å². The van der Waals surface area contributed by atoms with E-state index >= 15 is 0 Å². The van der Waals surface area contributed by atoms with Crippen LogP contribution in [0.15, 0.2) is 35.1 Å². The smallest absolute Gasteiger partial charge is 0.314 e. The molecule has 5 heteroatoms. The Hall–Kier alpha value is -2.14. The number of nitrogens with zero attached hydrogens (tertiary/aromatic N) is 2. The number of piperidine rings is 1. The number of likely N-dealkylation sites (tertiary alicyclic amines) is 1. The van der Waals surface area contributed by atoms with Gasteiger partial charge < -0.3 is 9.63 Å². The second-order valence-electron chi connectivity index (χ2n) is 6.67. The topological polar surface area (TPSA) is 66.6 Å². The quantitative estimate of drug-likeness (QED) is 0.913. The first-order valence-electron chi connectivity index (χ1n) is 8.50. The maximum atomic E-state index is 12.1. The molecule has 0 spiro atoms. The molecule has 1 aliphatic heterocycles. The summed E-state index contributed by atoms with van der Waals surface area (Å²) in [5.41, 5.74) is 3.35. The standard InChI is InChI=1S/C19H24N2O3/c1-3-17-15(13-24-20-17)12-21-9-7-19(8-10-21,18(22)23)16-6-4-5-14(2)11-16/h4-6,11,13H,3,7-10,12H2,1-2H3,(H,22,23). The molecule has 1 fully saturated rings. The Bertz CT molecular complexity index is 715. The van der Waals surface area contributed by atoms with Crippen LogP contribution in [0.2, 0.25) is 0 Å². The van der Waals surface area contributed by atoms with Crippen molar-refractivity contribution >= 4 is 5.97 Å². The monoisotopic (exact) mass is 328 g/mol. The number of carboxylic acids is 1. The molecule has 0 bridgehead atoms. The molecule has 0 unspecified atom stereocenters. The van der Waals surface area contributed by atoms with Gasteiger partial charge in [0.05, 0.1) is 11.1 Å². The average molecular weight is 328 g/mol. The number of carboxylic acid groups (broad SMARTS) is 1. The lowest BCUT2D eigenvalue weighted by Crippen LogP contribution is -2.47. The molecule has 24 heavy (non-hydrogen) atoms. The van der Waals surface area contributed by atoms with Crippen LogP contribution in [-0.2, 0) is 23.2 Å². The summed E-state index contributed by atoms with van der Waals surface area (Å²) >= 11 is 0. The van der Waals surface area contributed by atoms with E-state index < -0.39 is 11.4 Å². The van der Waals surface area contributed by atoms with Crippen molar-refractivity contribution in [2.45, 2.75) is 45.1 Å². The molecule has 1 N–H and O–H groups in total. The highest BCUT2D eigenvalue weighted by Gasteiger charge is 2.43. The second kappa shape index (κ2) is 6.77. The van der Waals surface area contributed by atoms with Crippen molar-refractivity contribution in [3.63, 3.8) is 0 Å². The minimum Gasteiger partial charge on any atom is -0.481 e. The predicted molar refractivity (Wildman–Crippen MR) is 90.9 cm³/mol. The van der Waals surface area contributed by atoms with Gasteiger partial charge in [-0.3, -0.25) is 9.69 Å². The molecular weight excluding hydrogens is 304 g/mol. The zero-order chi connectivity index (χ0) is 17.2. The molecule has 1 aromatic carbocycles. The van der Waals surface area contributed by atoms with E-state index in [0.29, 0.717) is 12.8 Å².